The molecular formula is C14H11BrF3NO. The van der Waals surface area contributed by atoms with Crippen LogP contribution in [0.15, 0.2) is 53.0 Å². The van der Waals surface area contributed by atoms with Crippen LogP contribution in [0.2, 0.25) is 0 Å². The Morgan fingerprint density at radius 2 is 1.75 bits per heavy atom. The predicted octanol–water partition coefficient (Wildman–Crippen LogP) is 4.96. The molecule has 0 saturated carbocycles. The molecule has 106 valence electrons. The summed E-state index contributed by atoms with van der Waals surface area (Å²) in [5.41, 5.74) is 1.79. The van der Waals surface area contributed by atoms with Crippen LogP contribution in [-0.2, 0) is 6.54 Å². The van der Waals surface area contributed by atoms with Gasteiger partial charge in [0.25, 0.3) is 0 Å². The lowest BCUT2D eigenvalue weighted by atomic mass is 10.2. The summed E-state index contributed by atoms with van der Waals surface area (Å²) in [5.74, 6) is -0.249. The lowest BCUT2D eigenvalue weighted by Gasteiger charge is -2.12. The zero-order valence-corrected chi connectivity index (χ0v) is 11.8. The van der Waals surface area contributed by atoms with E-state index in [9.17, 15) is 13.2 Å². The Labute approximate surface area is 122 Å². The van der Waals surface area contributed by atoms with Gasteiger partial charge in [0.2, 0.25) is 0 Å². The average molecular weight is 346 g/mol. The Balaban J connectivity index is 2.02. The quantitative estimate of drug-likeness (QED) is 0.845. The second kappa shape index (κ2) is 6.17. The van der Waals surface area contributed by atoms with Gasteiger partial charge in [0, 0.05) is 12.2 Å². The molecule has 0 unspecified atom stereocenters. The van der Waals surface area contributed by atoms with Crippen molar-refractivity contribution in [2.75, 3.05) is 5.32 Å². The van der Waals surface area contributed by atoms with E-state index in [0.29, 0.717) is 6.54 Å². The Morgan fingerprint density at radius 1 is 1.05 bits per heavy atom. The minimum absolute atomic E-state index is 0.249. The van der Waals surface area contributed by atoms with Crippen molar-refractivity contribution in [2.45, 2.75) is 12.9 Å². The first kappa shape index (κ1) is 14.7. The molecule has 20 heavy (non-hydrogen) atoms. The number of para-hydroxylation sites is 1. The standard InChI is InChI=1S/C14H11BrF3NO/c15-12-8-10(6-7-13(12)20-14(16,17)18)9-19-11-4-2-1-3-5-11/h1-8,19H,9H2. The van der Waals surface area contributed by atoms with E-state index in [1.807, 2.05) is 30.3 Å². The Morgan fingerprint density at radius 3 is 2.35 bits per heavy atom. The van der Waals surface area contributed by atoms with Crippen LogP contribution in [0.5, 0.6) is 5.75 Å². The van der Waals surface area contributed by atoms with Crippen molar-refractivity contribution in [3.05, 3.63) is 58.6 Å². The van der Waals surface area contributed by atoms with E-state index in [-0.39, 0.29) is 10.2 Å². The molecule has 0 bridgehead atoms. The number of rotatable bonds is 4. The van der Waals surface area contributed by atoms with Crippen LogP contribution in [0.1, 0.15) is 5.56 Å². The van der Waals surface area contributed by atoms with Crippen LogP contribution in [0.4, 0.5) is 18.9 Å². The summed E-state index contributed by atoms with van der Waals surface area (Å²) in [6.45, 7) is 0.509. The molecule has 0 heterocycles. The topological polar surface area (TPSA) is 21.3 Å². The predicted molar refractivity (Wildman–Crippen MR) is 74.6 cm³/mol. The normalized spacial score (nSPS) is 11.2. The van der Waals surface area contributed by atoms with Crippen molar-refractivity contribution in [2.24, 2.45) is 0 Å². The van der Waals surface area contributed by atoms with Crippen LogP contribution in [0.3, 0.4) is 0 Å². The Hall–Kier alpha value is -1.69. The fraction of sp³-hybridized carbons (Fsp3) is 0.143. The molecule has 0 fully saturated rings. The minimum Gasteiger partial charge on any atom is -0.405 e. The van der Waals surface area contributed by atoms with Gasteiger partial charge in [-0.2, -0.15) is 0 Å². The molecule has 0 aromatic heterocycles. The van der Waals surface area contributed by atoms with Gasteiger partial charge >= 0.3 is 6.36 Å². The molecule has 2 rings (SSSR count). The van der Waals surface area contributed by atoms with E-state index in [4.69, 9.17) is 0 Å². The molecule has 0 aliphatic carbocycles. The molecule has 2 nitrogen and oxygen atoms in total. The van der Waals surface area contributed by atoms with E-state index < -0.39 is 6.36 Å². The van der Waals surface area contributed by atoms with E-state index >= 15 is 0 Å². The number of halogens is 4. The van der Waals surface area contributed by atoms with Crippen LogP contribution in [0, 0.1) is 0 Å². The molecule has 0 amide bonds. The van der Waals surface area contributed by atoms with Gasteiger partial charge in [-0.3, -0.25) is 0 Å². The van der Waals surface area contributed by atoms with E-state index in [1.165, 1.54) is 6.07 Å². The zero-order chi connectivity index (χ0) is 14.6. The number of ether oxygens (including phenoxy) is 1. The number of alkyl halides is 3. The highest BCUT2D eigenvalue weighted by atomic mass is 79.9. The molecular weight excluding hydrogens is 335 g/mol. The summed E-state index contributed by atoms with van der Waals surface area (Å²) in [6, 6.07) is 14.0. The first-order chi connectivity index (χ1) is 9.44. The van der Waals surface area contributed by atoms with Crippen molar-refractivity contribution < 1.29 is 17.9 Å². The zero-order valence-electron chi connectivity index (χ0n) is 10.2. The van der Waals surface area contributed by atoms with Crippen LogP contribution < -0.4 is 10.1 Å². The van der Waals surface area contributed by atoms with Crippen LogP contribution in [-0.4, -0.2) is 6.36 Å². The summed E-state index contributed by atoms with van der Waals surface area (Å²) in [6.07, 6.45) is -4.69. The maximum absolute atomic E-state index is 12.1. The van der Waals surface area contributed by atoms with Gasteiger partial charge in [-0.15, -0.1) is 13.2 Å². The highest BCUT2D eigenvalue weighted by molar-refractivity contribution is 9.10. The fourth-order valence-corrected chi connectivity index (χ4v) is 2.13. The summed E-state index contributed by atoms with van der Waals surface area (Å²) in [5, 5.41) is 3.17. The Kier molecular flexibility index (Phi) is 4.54. The molecule has 6 heteroatoms. The number of benzene rings is 2. The summed E-state index contributed by atoms with van der Waals surface area (Å²) in [7, 11) is 0. The summed E-state index contributed by atoms with van der Waals surface area (Å²) in [4.78, 5) is 0. The minimum atomic E-state index is -4.69. The van der Waals surface area contributed by atoms with Crippen LogP contribution in [0.25, 0.3) is 0 Å². The lowest BCUT2D eigenvalue weighted by molar-refractivity contribution is -0.274. The molecule has 0 aliphatic heterocycles. The largest absolute Gasteiger partial charge is 0.573 e. The third-order valence-electron chi connectivity index (χ3n) is 2.49. The SMILES string of the molecule is FC(F)(F)Oc1ccc(CNc2ccccc2)cc1Br. The molecule has 0 spiro atoms. The second-order valence-corrected chi connectivity index (χ2v) is 4.89. The van der Waals surface area contributed by atoms with Crippen molar-refractivity contribution in [1.82, 2.24) is 0 Å². The van der Waals surface area contributed by atoms with Gasteiger partial charge in [-0.05, 0) is 45.8 Å². The fourth-order valence-electron chi connectivity index (χ4n) is 1.62. The molecule has 0 saturated heterocycles. The smallest absolute Gasteiger partial charge is 0.405 e. The third-order valence-corrected chi connectivity index (χ3v) is 3.11. The number of hydrogen-bond acceptors (Lipinski definition) is 2. The van der Waals surface area contributed by atoms with Crippen molar-refractivity contribution in [3.8, 4) is 5.75 Å². The van der Waals surface area contributed by atoms with Gasteiger partial charge < -0.3 is 10.1 Å². The molecule has 0 radical (unpaired) electrons. The lowest BCUT2D eigenvalue weighted by Crippen LogP contribution is -2.17. The summed E-state index contributed by atoms with van der Waals surface area (Å²) >= 11 is 3.07. The van der Waals surface area contributed by atoms with E-state index in [2.05, 4.69) is 26.0 Å². The van der Waals surface area contributed by atoms with Crippen LogP contribution >= 0.6 is 15.9 Å². The monoisotopic (exact) mass is 345 g/mol. The molecule has 0 aliphatic rings. The third kappa shape index (κ3) is 4.45. The highest BCUT2D eigenvalue weighted by Crippen LogP contribution is 2.31. The first-order valence-corrected chi connectivity index (χ1v) is 6.56. The molecule has 2 aromatic carbocycles. The van der Waals surface area contributed by atoms with Gasteiger partial charge in [0.1, 0.15) is 5.75 Å². The van der Waals surface area contributed by atoms with Crippen molar-refractivity contribution in [1.29, 1.82) is 0 Å². The van der Waals surface area contributed by atoms with E-state index in [0.717, 1.165) is 11.3 Å². The highest BCUT2D eigenvalue weighted by Gasteiger charge is 2.31. The van der Waals surface area contributed by atoms with Gasteiger partial charge in [-0.1, -0.05) is 24.3 Å². The maximum Gasteiger partial charge on any atom is 0.573 e. The number of anilines is 1. The van der Waals surface area contributed by atoms with Gasteiger partial charge in [0.15, 0.2) is 0 Å². The van der Waals surface area contributed by atoms with Crippen molar-refractivity contribution in [3.63, 3.8) is 0 Å². The Bertz CT molecular complexity index is 572. The maximum atomic E-state index is 12.1. The number of hydrogen-bond donors (Lipinski definition) is 1. The first-order valence-electron chi connectivity index (χ1n) is 5.77. The van der Waals surface area contributed by atoms with Gasteiger partial charge in [-0.25, -0.2) is 0 Å². The van der Waals surface area contributed by atoms with Crippen molar-refractivity contribution >= 4 is 21.6 Å². The van der Waals surface area contributed by atoms with E-state index in [1.54, 1.807) is 12.1 Å². The molecule has 2 aromatic rings. The molecule has 1 N–H and O–H groups in total. The molecule has 0 atom stereocenters. The average Bonchev–Trinajstić information content (AvgIpc) is 2.39. The second-order valence-electron chi connectivity index (χ2n) is 4.03. The van der Waals surface area contributed by atoms with Gasteiger partial charge in [0.05, 0.1) is 4.47 Å². The summed E-state index contributed by atoms with van der Waals surface area (Å²) < 4.78 is 40.6. The number of nitrogens with one attached hydrogen (secondary N) is 1.